The van der Waals surface area contributed by atoms with Gasteiger partial charge in [0.2, 0.25) is 0 Å². The Hall–Kier alpha value is -2.04. The molecule has 0 saturated heterocycles. The van der Waals surface area contributed by atoms with Crippen molar-refractivity contribution in [3.05, 3.63) is 23.8 Å². The van der Waals surface area contributed by atoms with Gasteiger partial charge in [-0.2, -0.15) is 0 Å². The Balaban J connectivity index is 2.13. The Morgan fingerprint density at radius 1 is 1.16 bits per heavy atom. The molecule has 0 radical (unpaired) electrons. The average Bonchev–Trinajstić information content (AvgIpc) is 2.55. The molecule has 1 N–H and O–H groups in total. The van der Waals surface area contributed by atoms with Crippen molar-refractivity contribution < 1.29 is 19.1 Å². The molecule has 1 fully saturated rings. The highest BCUT2D eigenvalue weighted by Crippen LogP contribution is 2.28. The molecule has 0 aromatic heterocycles. The van der Waals surface area contributed by atoms with Crippen LogP contribution in [0.1, 0.15) is 58.4 Å². The summed E-state index contributed by atoms with van der Waals surface area (Å²) in [4.78, 5) is 24.7. The lowest BCUT2D eigenvalue weighted by atomic mass is 9.84. The van der Waals surface area contributed by atoms with Crippen molar-refractivity contribution in [3.63, 3.8) is 0 Å². The summed E-state index contributed by atoms with van der Waals surface area (Å²) in [6, 6.07) is 5.38. The molecule has 0 heterocycles. The van der Waals surface area contributed by atoms with Crippen molar-refractivity contribution in [2.24, 2.45) is 5.92 Å². The van der Waals surface area contributed by atoms with Crippen LogP contribution in [0.25, 0.3) is 0 Å². The molecule has 5 nitrogen and oxygen atoms in total. The summed E-state index contributed by atoms with van der Waals surface area (Å²) in [7, 11) is 1.57. The first-order chi connectivity index (χ1) is 11.8. The molecule has 1 aliphatic rings. The van der Waals surface area contributed by atoms with E-state index in [1.807, 2.05) is 32.9 Å². The number of carbonyl (C=O) groups excluding carboxylic acids is 2. The zero-order valence-corrected chi connectivity index (χ0v) is 15.7. The maximum atomic E-state index is 12.6. The van der Waals surface area contributed by atoms with Gasteiger partial charge in [0.15, 0.2) is 0 Å². The molecule has 0 unspecified atom stereocenters. The SMILES string of the molecule is COc1ccc(CC(=O)C2CCCCC2)c(NC(=O)OC(C)(C)C)c1. The average molecular weight is 347 g/mol. The van der Waals surface area contributed by atoms with Crippen LogP contribution < -0.4 is 10.1 Å². The number of Topliss-reactive ketones (excluding diaryl/α,β-unsaturated/α-hetero) is 1. The van der Waals surface area contributed by atoms with Crippen LogP contribution in [0.2, 0.25) is 0 Å². The largest absolute Gasteiger partial charge is 0.497 e. The maximum absolute atomic E-state index is 12.6. The van der Waals surface area contributed by atoms with E-state index in [-0.39, 0.29) is 11.7 Å². The Labute approximate surface area is 150 Å². The molecule has 1 aliphatic carbocycles. The molecular formula is C20H29NO4. The van der Waals surface area contributed by atoms with E-state index in [1.165, 1.54) is 6.42 Å². The molecular weight excluding hydrogens is 318 g/mol. The van der Waals surface area contributed by atoms with Crippen LogP contribution in [-0.4, -0.2) is 24.6 Å². The van der Waals surface area contributed by atoms with Gasteiger partial charge in [0.1, 0.15) is 17.1 Å². The number of hydrogen-bond acceptors (Lipinski definition) is 4. The van der Waals surface area contributed by atoms with Gasteiger partial charge in [0, 0.05) is 18.4 Å². The third-order valence-corrected chi connectivity index (χ3v) is 4.38. The molecule has 1 aromatic rings. The van der Waals surface area contributed by atoms with Crippen LogP contribution in [0.3, 0.4) is 0 Å². The van der Waals surface area contributed by atoms with Crippen molar-refractivity contribution >= 4 is 17.6 Å². The second-order valence-electron chi connectivity index (χ2n) is 7.63. The minimum Gasteiger partial charge on any atom is -0.497 e. The van der Waals surface area contributed by atoms with Gasteiger partial charge in [-0.25, -0.2) is 4.79 Å². The zero-order valence-electron chi connectivity index (χ0n) is 15.7. The van der Waals surface area contributed by atoms with E-state index in [0.29, 0.717) is 17.9 Å². The van der Waals surface area contributed by atoms with Crippen molar-refractivity contribution in [2.75, 3.05) is 12.4 Å². The molecule has 2 rings (SSSR count). The molecule has 25 heavy (non-hydrogen) atoms. The summed E-state index contributed by atoms with van der Waals surface area (Å²) in [5, 5.41) is 2.76. The van der Waals surface area contributed by atoms with Gasteiger partial charge in [-0.3, -0.25) is 10.1 Å². The van der Waals surface area contributed by atoms with Crippen LogP contribution in [0, 0.1) is 5.92 Å². The van der Waals surface area contributed by atoms with Crippen LogP contribution in [-0.2, 0) is 16.0 Å². The topological polar surface area (TPSA) is 64.6 Å². The number of rotatable bonds is 5. The highest BCUT2D eigenvalue weighted by molar-refractivity contribution is 5.90. The van der Waals surface area contributed by atoms with E-state index in [4.69, 9.17) is 9.47 Å². The smallest absolute Gasteiger partial charge is 0.412 e. The Bertz CT molecular complexity index is 613. The number of amides is 1. The Morgan fingerprint density at radius 3 is 2.44 bits per heavy atom. The number of methoxy groups -OCH3 is 1. The van der Waals surface area contributed by atoms with Crippen LogP contribution in [0.15, 0.2) is 18.2 Å². The summed E-state index contributed by atoms with van der Waals surface area (Å²) in [6.07, 6.45) is 5.21. The van der Waals surface area contributed by atoms with Gasteiger partial charge < -0.3 is 9.47 Å². The Kier molecular flexibility index (Phi) is 6.45. The fourth-order valence-electron chi connectivity index (χ4n) is 3.12. The van der Waals surface area contributed by atoms with Crippen LogP contribution >= 0.6 is 0 Å². The lowest BCUT2D eigenvalue weighted by molar-refractivity contribution is -0.123. The third-order valence-electron chi connectivity index (χ3n) is 4.38. The standard InChI is InChI=1S/C20H29NO4/c1-20(2,3)25-19(23)21-17-13-16(24-4)11-10-15(17)12-18(22)14-8-6-5-7-9-14/h10-11,13-14H,5-9,12H2,1-4H3,(H,21,23). The minimum absolute atomic E-state index is 0.144. The van der Waals surface area contributed by atoms with E-state index in [9.17, 15) is 9.59 Å². The lowest BCUT2D eigenvalue weighted by Gasteiger charge is -2.22. The molecule has 1 aromatic carbocycles. The van der Waals surface area contributed by atoms with E-state index < -0.39 is 11.7 Å². The highest BCUT2D eigenvalue weighted by atomic mass is 16.6. The second kappa shape index (κ2) is 8.37. The maximum Gasteiger partial charge on any atom is 0.412 e. The zero-order chi connectivity index (χ0) is 18.4. The normalized spacial score (nSPS) is 15.5. The monoisotopic (exact) mass is 347 g/mol. The van der Waals surface area contributed by atoms with E-state index in [2.05, 4.69) is 5.32 Å². The Morgan fingerprint density at radius 2 is 1.84 bits per heavy atom. The molecule has 1 saturated carbocycles. The molecule has 0 atom stereocenters. The number of nitrogens with one attached hydrogen (secondary N) is 1. The van der Waals surface area contributed by atoms with Crippen molar-refractivity contribution in [3.8, 4) is 5.75 Å². The van der Waals surface area contributed by atoms with Gasteiger partial charge in [-0.15, -0.1) is 0 Å². The van der Waals surface area contributed by atoms with Crippen LogP contribution in [0.5, 0.6) is 5.75 Å². The molecule has 1 amide bonds. The van der Waals surface area contributed by atoms with E-state index in [1.54, 1.807) is 13.2 Å². The van der Waals surface area contributed by atoms with Crippen LogP contribution in [0.4, 0.5) is 10.5 Å². The molecule has 0 aliphatic heterocycles. The molecule has 5 heteroatoms. The highest BCUT2D eigenvalue weighted by Gasteiger charge is 2.23. The summed E-state index contributed by atoms with van der Waals surface area (Å²) >= 11 is 0. The fourth-order valence-corrected chi connectivity index (χ4v) is 3.12. The molecule has 0 bridgehead atoms. The summed E-state index contributed by atoms with van der Waals surface area (Å²) in [6.45, 7) is 5.43. The van der Waals surface area contributed by atoms with E-state index >= 15 is 0 Å². The van der Waals surface area contributed by atoms with Crippen molar-refractivity contribution in [1.82, 2.24) is 0 Å². The number of carbonyl (C=O) groups is 2. The van der Waals surface area contributed by atoms with Gasteiger partial charge in [0.25, 0.3) is 0 Å². The van der Waals surface area contributed by atoms with Gasteiger partial charge in [0.05, 0.1) is 12.8 Å². The number of benzene rings is 1. The summed E-state index contributed by atoms with van der Waals surface area (Å²) in [5.41, 5.74) is 0.779. The van der Waals surface area contributed by atoms with Gasteiger partial charge >= 0.3 is 6.09 Å². The number of hydrogen-bond donors (Lipinski definition) is 1. The fraction of sp³-hybridized carbons (Fsp3) is 0.600. The quantitative estimate of drug-likeness (QED) is 0.836. The first-order valence-electron chi connectivity index (χ1n) is 8.98. The van der Waals surface area contributed by atoms with Crippen molar-refractivity contribution in [2.45, 2.75) is 64.9 Å². The van der Waals surface area contributed by atoms with Crippen molar-refractivity contribution in [1.29, 1.82) is 0 Å². The first kappa shape index (κ1) is 19.3. The van der Waals surface area contributed by atoms with Gasteiger partial charge in [-0.1, -0.05) is 25.3 Å². The van der Waals surface area contributed by atoms with E-state index in [0.717, 1.165) is 31.2 Å². The number of ether oxygens (including phenoxy) is 2. The first-order valence-corrected chi connectivity index (χ1v) is 8.98. The third kappa shape index (κ3) is 6.07. The molecule has 0 spiro atoms. The minimum atomic E-state index is -0.582. The lowest BCUT2D eigenvalue weighted by Crippen LogP contribution is -2.28. The predicted molar refractivity (Wildman–Crippen MR) is 98.1 cm³/mol. The summed E-state index contributed by atoms with van der Waals surface area (Å²) in [5.74, 6) is 1.02. The summed E-state index contributed by atoms with van der Waals surface area (Å²) < 4.78 is 10.6. The molecule has 138 valence electrons. The predicted octanol–water partition coefficient (Wildman–Crippen LogP) is 4.73. The second-order valence-corrected chi connectivity index (χ2v) is 7.63. The number of ketones is 1. The number of anilines is 1. The van der Waals surface area contributed by atoms with Gasteiger partial charge in [-0.05, 0) is 45.2 Å².